The van der Waals surface area contributed by atoms with Crippen molar-refractivity contribution in [2.75, 3.05) is 21.3 Å². The van der Waals surface area contributed by atoms with Crippen LogP contribution in [0, 0.1) is 0 Å². The first-order valence-electron chi connectivity index (χ1n) is 9.77. The molecule has 0 amide bonds. The van der Waals surface area contributed by atoms with Crippen molar-refractivity contribution in [2.45, 2.75) is 0 Å². The van der Waals surface area contributed by atoms with Gasteiger partial charge in [-0.3, -0.25) is 4.79 Å². The molecule has 1 heterocycles. The summed E-state index contributed by atoms with van der Waals surface area (Å²) in [5.41, 5.74) is 0.671. The second-order valence-electron chi connectivity index (χ2n) is 6.85. The maximum absolute atomic E-state index is 13.3. The number of fused-ring (bicyclic) bond motifs is 1. The summed E-state index contributed by atoms with van der Waals surface area (Å²) in [7, 11) is 4.34. The number of methoxy groups -OCH3 is 3. The van der Waals surface area contributed by atoms with Crippen molar-refractivity contribution in [3.8, 4) is 28.6 Å². The van der Waals surface area contributed by atoms with E-state index in [0.717, 1.165) is 9.20 Å². The first-order valence-corrected chi connectivity index (χ1v) is 10.6. The Morgan fingerprint density at radius 1 is 0.909 bits per heavy atom. The highest BCUT2D eigenvalue weighted by atomic mass is 79.9. The van der Waals surface area contributed by atoms with Gasteiger partial charge >= 0.3 is 5.97 Å². The molecule has 0 spiro atoms. The number of carbonyl (C=O) groups is 1. The molecule has 33 heavy (non-hydrogen) atoms. The van der Waals surface area contributed by atoms with E-state index in [-0.39, 0.29) is 22.9 Å². The van der Waals surface area contributed by atoms with Crippen LogP contribution in [0.15, 0.2) is 69.9 Å². The predicted octanol–water partition coefficient (Wildman–Crippen LogP) is 4.12. The van der Waals surface area contributed by atoms with Gasteiger partial charge in [-0.05, 0) is 36.4 Å². The fourth-order valence-corrected chi connectivity index (χ4v) is 3.58. The molecule has 3 aromatic carbocycles. The Labute approximate surface area is 197 Å². The summed E-state index contributed by atoms with van der Waals surface area (Å²) in [6.45, 7) is 0. The van der Waals surface area contributed by atoms with Crippen LogP contribution in [-0.4, -0.2) is 37.0 Å². The normalized spacial score (nSPS) is 10.7. The highest BCUT2D eigenvalue weighted by molar-refractivity contribution is 9.10. The van der Waals surface area contributed by atoms with Crippen molar-refractivity contribution in [1.82, 2.24) is 9.71 Å². The number of nitrogens with zero attached hydrogens (tertiary/aromatic N) is 2. The lowest BCUT2D eigenvalue weighted by Gasteiger charge is -2.15. The van der Waals surface area contributed by atoms with Gasteiger partial charge in [0.15, 0.2) is 17.3 Å². The van der Waals surface area contributed by atoms with Crippen molar-refractivity contribution < 1.29 is 23.8 Å². The summed E-state index contributed by atoms with van der Waals surface area (Å²) in [6, 6.07) is 16.9. The molecular weight excluding hydrogens is 492 g/mol. The number of rotatable bonds is 6. The number of halogens is 1. The zero-order valence-corrected chi connectivity index (χ0v) is 19.6. The maximum atomic E-state index is 13.3. The van der Waals surface area contributed by atoms with Crippen LogP contribution in [0.1, 0.15) is 10.4 Å². The Bertz CT molecular complexity index is 1370. The quantitative estimate of drug-likeness (QED) is 0.385. The van der Waals surface area contributed by atoms with Crippen LogP contribution in [0.5, 0.6) is 17.2 Å². The van der Waals surface area contributed by atoms with Crippen LogP contribution in [-0.2, 0) is 0 Å². The minimum atomic E-state index is -0.799. The molecule has 0 aliphatic carbocycles. The second kappa shape index (κ2) is 9.33. The van der Waals surface area contributed by atoms with Crippen LogP contribution in [0.4, 0.5) is 0 Å². The van der Waals surface area contributed by atoms with Gasteiger partial charge in [0.05, 0.1) is 37.8 Å². The third-order valence-corrected chi connectivity index (χ3v) is 5.44. The fraction of sp³-hybridized carbons (Fsp3) is 0.125. The number of hydrogen-bond acceptors (Lipinski definition) is 7. The summed E-state index contributed by atoms with van der Waals surface area (Å²) in [4.78, 5) is 36.5. The average molecular weight is 511 g/mol. The molecule has 9 heteroatoms. The molecule has 0 saturated carbocycles. The average Bonchev–Trinajstić information content (AvgIpc) is 2.85. The highest BCUT2D eigenvalue weighted by Gasteiger charge is 2.21. The molecule has 0 fully saturated rings. The fourth-order valence-electron chi connectivity index (χ4n) is 3.32. The minimum absolute atomic E-state index is 0.103. The lowest BCUT2D eigenvalue weighted by Crippen LogP contribution is -2.33. The molecule has 0 saturated heterocycles. The third-order valence-electron chi connectivity index (χ3n) is 4.91. The van der Waals surface area contributed by atoms with Gasteiger partial charge in [-0.25, -0.2) is 9.78 Å². The molecule has 0 unspecified atom stereocenters. The summed E-state index contributed by atoms with van der Waals surface area (Å²) < 4.78 is 17.7. The Kier molecular flexibility index (Phi) is 6.32. The smallest absolute Gasteiger partial charge is 0.364 e. The van der Waals surface area contributed by atoms with Crippen molar-refractivity contribution in [3.63, 3.8) is 0 Å². The molecule has 168 valence electrons. The van der Waals surface area contributed by atoms with Crippen molar-refractivity contribution in [2.24, 2.45) is 0 Å². The van der Waals surface area contributed by atoms with Gasteiger partial charge in [0.2, 0.25) is 5.75 Å². The van der Waals surface area contributed by atoms with Gasteiger partial charge < -0.3 is 19.0 Å². The van der Waals surface area contributed by atoms with E-state index < -0.39 is 11.5 Å². The van der Waals surface area contributed by atoms with Gasteiger partial charge in [0, 0.05) is 10.0 Å². The SMILES string of the molecule is COc1cc(C(=O)On2c(-c3ccc(Br)cc3)nc3ccccc3c2=O)cc(OC)c1OC. The number of carbonyl (C=O) groups excluding carboxylic acids is 1. The van der Waals surface area contributed by atoms with E-state index >= 15 is 0 Å². The van der Waals surface area contributed by atoms with Crippen LogP contribution in [0.3, 0.4) is 0 Å². The second-order valence-corrected chi connectivity index (χ2v) is 7.77. The Balaban J connectivity index is 1.85. The van der Waals surface area contributed by atoms with Crippen molar-refractivity contribution >= 4 is 32.8 Å². The topological polar surface area (TPSA) is 88.9 Å². The van der Waals surface area contributed by atoms with Gasteiger partial charge in [-0.2, -0.15) is 0 Å². The summed E-state index contributed by atoms with van der Waals surface area (Å²) in [5, 5.41) is 0.316. The van der Waals surface area contributed by atoms with E-state index in [1.54, 1.807) is 36.4 Å². The Morgan fingerprint density at radius 2 is 1.55 bits per heavy atom. The summed E-state index contributed by atoms with van der Waals surface area (Å²) in [5.74, 6) is 0.275. The first kappa shape index (κ1) is 22.3. The van der Waals surface area contributed by atoms with Crippen LogP contribution < -0.4 is 24.6 Å². The lowest BCUT2D eigenvalue weighted by molar-refractivity contribution is 0.0448. The molecule has 0 N–H and O–H groups in total. The van der Waals surface area contributed by atoms with Gasteiger partial charge in [0.1, 0.15) is 0 Å². The third kappa shape index (κ3) is 4.27. The predicted molar refractivity (Wildman–Crippen MR) is 126 cm³/mol. The number of benzene rings is 3. The monoisotopic (exact) mass is 510 g/mol. The van der Waals surface area contributed by atoms with Crippen molar-refractivity contribution in [3.05, 3.63) is 81.1 Å². The molecule has 4 aromatic rings. The van der Waals surface area contributed by atoms with Gasteiger partial charge in [-0.1, -0.05) is 40.2 Å². The van der Waals surface area contributed by atoms with Crippen LogP contribution in [0.25, 0.3) is 22.3 Å². The number of ether oxygens (including phenoxy) is 3. The lowest BCUT2D eigenvalue weighted by atomic mass is 10.2. The highest BCUT2D eigenvalue weighted by Crippen LogP contribution is 2.38. The molecule has 0 radical (unpaired) electrons. The summed E-state index contributed by atoms with van der Waals surface area (Å²) in [6.07, 6.45) is 0. The Hall–Kier alpha value is -3.85. The maximum Gasteiger partial charge on any atom is 0.364 e. The molecule has 0 bridgehead atoms. The molecule has 4 rings (SSSR count). The number of para-hydroxylation sites is 1. The van der Waals surface area contributed by atoms with Crippen molar-refractivity contribution in [1.29, 1.82) is 0 Å². The number of hydrogen-bond donors (Lipinski definition) is 0. The standard InChI is InChI=1S/C24H19BrN2O6/c1-30-19-12-15(13-20(31-2)21(19)32-3)24(29)33-27-22(14-8-10-16(25)11-9-14)26-18-7-5-4-6-17(18)23(27)28/h4-13H,1-3H3. The molecule has 8 nitrogen and oxygen atoms in total. The molecule has 0 aliphatic rings. The van der Waals surface area contributed by atoms with E-state index in [4.69, 9.17) is 19.0 Å². The Morgan fingerprint density at radius 3 is 2.15 bits per heavy atom. The molecular formula is C24H19BrN2O6. The van der Waals surface area contributed by atoms with E-state index in [1.165, 1.54) is 33.5 Å². The minimum Gasteiger partial charge on any atom is -0.493 e. The van der Waals surface area contributed by atoms with E-state index in [9.17, 15) is 9.59 Å². The largest absolute Gasteiger partial charge is 0.493 e. The number of aromatic nitrogens is 2. The van der Waals surface area contributed by atoms with Crippen LogP contribution >= 0.6 is 15.9 Å². The van der Waals surface area contributed by atoms with E-state index in [1.807, 2.05) is 12.1 Å². The zero-order valence-electron chi connectivity index (χ0n) is 18.0. The molecule has 1 aromatic heterocycles. The zero-order chi connectivity index (χ0) is 23.5. The first-order chi connectivity index (χ1) is 16.0. The molecule has 0 atom stereocenters. The summed E-state index contributed by atoms with van der Waals surface area (Å²) >= 11 is 3.39. The van der Waals surface area contributed by atoms with E-state index in [2.05, 4.69) is 20.9 Å². The molecule has 0 aliphatic heterocycles. The van der Waals surface area contributed by atoms with Gasteiger partial charge in [-0.15, -0.1) is 4.73 Å². The van der Waals surface area contributed by atoms with Crippen LogP contribution in [0.2, 0.25) is 0 Å². The van der Waals surface area contributed by atoms with E-state index in [0.29, 0.717) is 22.2 Å². The van der Waals surface area contributed by atoms with Gasteiger partial charge in [0.25, 0.3) is 5.56 Å².